The second kappa shape index (κ2) is 10.5. The summed E-state index contributed by atoms with van der Waals surface area (Å²) in [6.45, 7) is 0. The smallest absolute Gasteiger partial charge is 0.427 e. The van der Waals surface area contributed by atoms with E-state index in [2.05, 4.69) is 95.6 Å². The van der Waals surface area contributed by atoms with Crippen molar-refractivity contribution in [2.75, 3.05) is 10.6 Å². The van der Waals surface area contributed by atoms with Crippen LogP contribution in [0, 0.1) is 0 Å². The van der Waals surface area contributed by atoms with Crippen LogP contribution in [-0.2, 0) is 0 Å². The van der Waals surface area contributed by atoms with Crippen molar-refractivity contribution in [1.82, 2.24) is 0 Å². The van der Waals surface area contributed by atoms with E-state index in [0.29, 0.717) is 0 Å². The fourth-order valence-corrected chi connectivity index (χ4v) is 5.13. The molecule has 0 bridgehead atoms. The Bertz CT molecular complexity index is 1520. The molecule has 0 aromatic heterocycles. The average Bonchev–Trinajstić information content (AvgIpc) is 2.95. The average molecular weight is 499 g/mol. The molecule has 0 aliphatic heterocycles. The largest absolute Gasteiger partial charge is 0.516 e. The van der Waals surface area contributed by atoms with Crippen molar-refractivity contribution in [3.05, 3.63) is 133 Å². The van der Waals surface area contributed by atoms with Crippen molar-refractivity contribution in [1.29, 1.82) is 0 Å². The third-order valence-electron chi connectivity index (χ3n) is 6.30. The van der Waals surface area contributed by atoms with E-state index in [9.17, 15) is 0 Å². The first-order chi connectivity index (χ1) is 18.3. The molecule has 0 heterocycles. The van der Waals surface area contributed by atoms with E-state index in [1.54, 1.807) is 0 Å². The Morgan fingerprint density at radius 2 is 0.811 bits per heavy atom. The molecular weight excluding hydrogens is 472 g/mol. The van der Waals surface area contributed by atoms with E-state index in [1.807, 2.05) is 48.5 Å². The van der Waals surface area contributed by atoms with Crippen LogP contribution in [0.1, 0.15) is 0 Å². The quantitative estimate of drug-likeness (QED) is 0.209. The van der Waals surface area contributed by atoms with Crippen LogP contribution in [0.4, 0.5) is 22.7 Å². The van der Waals surface area contributed by atoms with E-state index in [1.165, 1.54) is 21.5 Å². The molecule has 0 unspecified atom stereocenters. The minimum Gasteiger partial charge on any atom is -0.516 e. The fourth-order valence-electron chi connectivity index (χ4n) is 4.41. The molecule has 0 spiro atoms. The summed E-state index contributed by atoms with van der Waals surface area (Å²) < 4.78 is 11.9. The summed E-state index contributed by atoms with van der Waals surface area (Å²) in [4.78, 5) is 0. The number of anilines is 4. The molecule has 6 aromatic carbocycles. The van der Waals surface area contributed by atoms with Gasteiger partial charge in [0.2, 0.25) is 0 Å². The number of hydrogen-bond acceptors (Lipinski definition) is 4. The van der Waals surface area contributed by atoms with Crippen LogP contribution in [-0.4, -0.2) is 10.0 Å². The van der Waals surface area contributed by atoms with E-state index in [-0.39, 0.29) is 0 Å². The molecule has 0 atom stereocenters. The van der Waals surface area contributed by atoms with Gasteiger partial charge in [-0.25, -0.2) is 0 Å². The number of benzene rings is 6. The zero-order valence-corrected chi connectivity index (χ0v) is 21.6. The lowest BCUT2D eigenvalue weighted by atomic mass is 10.1. The van der Waals surface area contributed by atoms with Gasteiger partial charge in [-0.2, -0.15) is 0 Å². The molecule has 2 N–H and O–H groups in total. The van der Waals surface area contributed by atoms with Gasteiger partial charge in [-0.15, -0.1) is 0 Å². The number of rotatable bonds is 8. The molecule has 0 aliphatic carbocycles. The SMILES string of the molecule is c1ccc2c(Nc3ccc(O[SiH2]Oc4ccc(Nc5cccc6ccccc56)cc4)cc3)cccc2c1. The second-order valence-electron chi connectivity index (χ2n) is 8.76. The van der Waals surface area contributed by atoms with Crippen molar-refractivity contribution in [2.24, 2.45) is 0 Å². The first-order valence-electron chi connectivity index (χ1n) is 12.3. The number of nitrogens with one attached hydrogen (secondary N) is 2. The Morgan fingerprint density at radius 1 is 0.405 bits per heavy atom. The topological polar surface area (TPSA) is 42.5 Å². The Hall–Kier alpha value is -4.74. The maximum absolute atomic E-state index is 5.93. The molecule has 180 valence electrons. The maximum Gasteiger partial charge on any atom is 0.427 e. The normalized spacial score (nSPS) is 10.8. The fraction of sp³-hybridized carbons (Fsp3) is 0. The first kappa shape index (κ1) is 22.7. The van der Waals surface area contributed by atoms with Crippen LogP contribution in [0.3, 0.4) is 0 Å². The van der Waals surface area contributed by atoms with Crippen LogP contribution in [0.15, 0.2) is 133 Å². The van der Waals surface area contributed by atoms with Gasteiger partial charge in [-0.05, 0) is 71.4 Å². The lowest BCUT2D eigenvalue weighted by Crippen LogP contribution is -2.10. The van der Waals surface area contributed by atoms with Gasteiger partial charge in [0.05, 0.1) is 0 Å². The third kappa shape index (κ3) is 5.27. The van der Waals surface area contributed by atoms with Gasteiger partial charge in [-0.3, -0.25) is 0 Å². The Labute approximate surface area is 218 Å². The molecular formula is C32H26N2O2Si. The summed E-state index contributed by atoms with van der Waals surface area (Å²) in [6, 6.07) is 45.3. The Balaban J connectivity index is 1.03. The van der Waals surface area contributed by atoms with Gasteiger partial charge in [0.25, 0.3) is 0 Å². The monoisotopic (exact) mass is 498 g/mol. The zero-order valence-electron chi connectivity index (χ0n) is 20.2. The van der Waals surface area contributed by atoms with Gasteiger partial charge in [0, 0.05) is 33.5 Å². The van der Waals surface area contributed by atoms with Gasteiger partial charge in [-0.1, -0.05) is 72.8 Å². The standard InChI is InChI=1S/C32H26N2O2Si/c1-3-11-29-23(7-1)9-5-13-31(29)33-25-15-19-27(20-16-25)35-37-36-28-21-17-26(18-22-28)34-32-14-6-10-24-8-2-4-12-30(24)32/h1-22,33-34H,37H2. The van der Waals surface area contributed by atoms with Crippen molar-refractivity contribution < 1.29 is 8.85 Å². The molecule has 6 rings (SSSR count). The molecule has 37 heavy (non-hydrogen) atoms. The third-order valence-corrected chi connectivity index (χ3v) is 7.20. The van der Waals surface area contributed by atoms with Crippen LogP contribution < -0.4 is 19.5 Å². The summed E-state index contributed by atoms with van der Waals surface area (Å²) in [5, 5.41) is 11.8. The Morgan fingerprint density at radius 3 is 1.27 bits per heavy atom. The predicted octanol–water partition coefficient (Wildman–Crippen LogP) is 7.94. The van der Waals surface area contributed by atoms with Gasteiger partial charge >= 0.3 is 10.0 Å². The van der Waals surface area contributed by atoms with Crippen molar-refractivity contribution in [3.63, 3.8) is 0 Å². The summed E-state index contributed by atoms with van der Waals surface area (Å²) in [7, 11) is -1.22. The molecule has 0 saturated heterocycles. The summed E-state index contributed by atoms with van der Waals surface area (Å²) >= 11 is 0. The van der Waals surface area contributed by atoms with E-state index in [4.69, 9.17) is 8.85 Å². The molecule has 6 aromatic rings. The highest BCUT2D eigenvalue weighted by molar-refractivity contribution is 6.20. The molecule has 0 saturated carbocycles. The lowest BCUT2D eigenvalue weighted by Gasteiger charge is -2.13. The minimum atomic E-state index is -1.22. The summed E-state index contributed by atoms with van der Waals surface area (Å²) in [6.07, 6.45) is 0. The highest BCUT2D eigenvalue weighted by Crippen LogP contribution is 2.28. The van der Waals surface area contributed by atoms with Gasteiger partial charge in [0.15, 0.2) is 0 Å². The molecule has 0 aliphatic rings. The van der Waals surface area contributed by atoms with E-state index in [0.717, 1.165) is 34.2 Å². The predicted molar refractivity (Wildman–Crippen MR) is 157 cm³/mol. The van der Waals surface area contributed by atoms with Crippen molar-refractivity contribution >= 4 is 54.3 Å². The van der Waals surface area contributed by atoms with Crippen molar-refractivity contribution in [2.45, 2.75) is 0 Å². The van der Waals surface area contributed by atoms with Crippen LogP contribution in [0.5, 0.6) is 11.5 Å². The first-order valence-corrected chi connectivity index (χ1v) is 13.4. The molecule has 4 nitrogen and oxygen atoms in total. The van der Waals surface area contributed by atoms with Gasteiger partial charge in [0.1, 0.15) is 11.5 Å². The zero-order chi connectivity index (χ0) is 24.9. The molecule has 0 fully saturated rings. The van der Waals surface area contributed by atoms with Gasteiger partial charge < -0.3 is 19.5 Å². The molecule has 0 radical (unpaired) electrons. The second-order valence-corrected chi connectivity index (χ2v) is 9.57. The van der Waals surface area contributed by atoms with E-state index >= 15 is 0 Å². The summed E-state index contributed by atoms with van der Waals surface area (Å²) in [5.74, 6) is 1.62. The number of hydrogen-bond donors (Lipinski definition) is 2. The lowest BCUT2D eigenvalue weighted by molar-refractivity contribution is 0.459. The highest BCUT2D eigenvalue weighted by atomic mass is 28.3. The van der Waals surface area contributed by atoms with Crippen LogP contribution in [0.2, 0.25) is 0 Å². The van der Waals surface area contributed by atoms with Crippen molar-refractivity contribution in [3.8, 4) is 11.5 Å². The minimum absolute atomic E-state index is 0.810. The molecule has 0 amide bonds. The van der Waals surface area contributed by atoms with Crippen LogP contribution in [0.25, 0.3) is 21.5 Å². The summed E-state index contributed by atoms with van der Waals surface area (Å²) in [5.41, 5.74) is 4.20. The maximum atomic E-state index is 5.93. The number of fused-ring (bicyclic) bond motifs is 2. The van der Waals surface area contributed by atoms with Crippen LogP contribution >= 0.6 is 0 Å². The Kier molecular flexibility index (Phi) is 6.43. The van der Waals surface area contributed by atoms with E-state index < -0.39 is 10.0 Å². The highest BCUT2D eigenvalue weighted by Gasteiger charge is 2.04. The molecule has 5 heteroatoms.